The summed E-state index contributed by atoms with van der Waals surface area (Å²) in [5.41, 5.74) is 1.97. The van der Waals surface area contributed by atoms with E-state index in [0.29, 0.717) is 6.54 Å². The molecule has 7 heteroatoms. The summed E-state index contributed by atoms with van der Waals surface area (Å²) in [7, 11) is 1.78. The number of morpholine rings is 1. The van der Waals surface area contributed by atoms with Gasteiger partial charge in [0, 0.05) is 50.4 Å². The molecule has 0 unspecified atom stereocenters. The highest BCUT2D eigenvalue weighted by molar-refractivity contribution is 5.92. The molecule has 2 rings (SSSR count). The van der Waals surface area contributed by atoms with E-state index in [1.807, 2.05) is 38.1 Å². The second-order valence-electron chi connectivity index (χ2n) is 8.03. The zero-order valence-electron chi connectivity index (χ0n) is 17.8. The largest absolute Gasteiger partial charge is 0.379 e. The van der Waals surface area contributed by atoms with Gasteiger partial charge in [0.05, 0.1) is 13.2 Å². The van der Waals surface area contributed by atoms with E-state index in [1.165, 1.54) is 0 Å². The summed E-state index contributed by atoms with van der Waals surface area (Å²) >= 11 is 0. The third-order valence-electron chi connectivity index (χ3n) is 4.99. The van der Waals surface area contributed by atoms with Crippen LogP contribution in [0.4, 0.5) is 5.69 Å². The minimum atomic E-state index is -0.0301. The average molecular weight is 390 g/mol. The maximum Gasteiger partial charge on any atom is 0.226 e. The van der Waals surface area contributed by atoms with Crippen molar-refractivity contribution >= 4 is 17.6 Å². The molecule has 1 fully saturated rings. The molecular weight excluding hydrogens is 354 g/mol. The summed E-state index contributed by atoms with van der Waals surface area (Å²) in [5, 5.41) is 9.68. The van der Waals surface area contributed by atoms with Crippen molar-refractivity contribution in [3.63, 3.8) is 0 Å². The molecule has 28 heavy (non-hydrogen) atoms. The Hall–Kier alpha value is -2.12. The number of hydrogen-bond donors (Lipinski definition) is 3. The van der Waals surface area contributed by atoms with E-state index in [0.717, 1.165) is 50.1 Å². The SMILES string of the molecule is CN=C(NCc1ccc(NC(=O)C(C)C)cc1)NCC(C)(C)N1CCOCC1. The van der Waals surface area contributed by atoms with E-state index < -0.39 is 0 Å². The molecule has 0 radical (unpaired) electrons. The van der Waals surface area contributed by atoms with Gasteiger partial charge < -0.3 is 20.7 Å². The summed E-state index contributed by atoms with van der Waals surface area (Å²) in [5.74, 6) is 0.773. The highest BCUT2D eigenvalue weighted by atomic mass is 16.5. The van der Waals surface area contributed by atoms with Crippen LogP contribution >= 0.6 is 0 Å². The highest BCUT2D eigenvalue weighted by Crippen LogP contribution is 2.15. The van der Waals surface area contributed by atoms with Crippen LogP contribution in [-0.2, 0) is 16.1 Å². The smallest absolute Gasteiger partial charge is 0.226 e. The van der Waals surface area contributed by atoms with Crippen LogP contribution < -0.4 is 16.0 Å². The Morgan fingerprint density at radius 2 is 1.82 bits per heavy atom. The predicted octanol–water partition coefficient (Wildman–Crippen LogP) is 2.06. The van der Waals surface area contributed by atoms with Gasteiger partial charge in [-0.15, -0.1) is 0 Å². The fraction of sp³-hybridized carbons (Fsp3) is 0.619. The van der Waals surface area contributed by atoms with Gasteiger partial charge in [0.1, 0.15) is 0 Å². The first-order chi connectivity index (χ1) is 13.3. The Kier molecular flexibility index (Phi) is 8.26. The molecule has 1 saturated heterocycles. The molecule has 0 saturated carbocycles. The van der Waals surface area contributed by atoms with Crippen LogP contribution in [0.25, 0.3) is 0 Å². The molecule has 0 aromatic heterocycles. The number of carbonyl (C=O) groups is 1. The van der Waals surface area contributed by atoms with E-state index in [1.54, 1.807) is 7.05 Å². The minimum Gasteiger partial charge on any atom is -0.379 e. The Morgan fingerprint density at radius 3 is 2.39 bits per heavy atom. The molecular formula is C21H35N5O2. The Bertz CT molecular complexity index is 649. The molecule has 3 N–H and O–H groups in total. The van der Waals surface area contributed by atoms with E-state index in [2.05, 4.69) is 39.7 Å². The summed E-state index contributed by atoms with van der Waals surface area (Å²) in [6.07, 6.45) is 0. The summed E-state index contributed by atoms with van der Waals surface area (Å²) < 4.78 is 5.45. The number of hydrogen-bond acceptors (Lipinski definition) is 4. The maximum atomic E-state index is 11.8. The summed E-state index contributed by atoms with van der Waals surface area (Å²) in [6.45, 7) is 13.2. The lowest BCUT2D eigenvalue weighted by Gasteiger charge is -2.41. The quantitative estimate of drug-likeness (QED) is 0.491. The van der Waals surface area contributed by atoms with Crippen LogP contribution in [0.15, 0.2) is 29.3 Å². The molecule has 7 nitrogen and oxygen atoms in total. The van der Waals surface area contributed by atoms with Crippen LogP contribution in [-0.4, -0.2) is 62.2 Å². The lowest BCUT2D eigenvalue weighted by molar-refractivity contribution is -0.118. The fourth-order valence-electron chi connectivity index (χ4n) is 2.98. The third-order valence-corrected chi connectivity index (χ3v) is 4.99. The predicted molar refractivity (Wildman–Crippen MR) is 115 cm³/mol. The number of ether oxygens (including phenoxy) is 1. The summed E-state index contributed by atoms with van der Waals surface area (Å²) in [4.78, 5) is 18.5. The number of amides is 1. The zero-order chi connectivity index (χ0) is 20.6. The van der Waals surface area contributed by atoms with Gasteiger partial charge >= 0.3 is 0 Å². The van der Waals surface area contributed by atoms with Crippen LogP contribution in [0.5, 0.6) is 0 Å². The number of rotatable bonds is 7. The molecule has 1 aliphatic rings. The topological polar surface area (TPSA) is 78.0 Å². The molecule has 0 aliphatic carbocycles. The van der Waals surface area contributed by atoms with Gasteiger partial charge in [-0.2, -0.15) is 0 Å². The average Bonchev–Trinajstić information content (AvgIpc) is 2.69. The molecule has 156 valence electrons. The molecule has 1 aliphatic heterocycles. The van der Waals surface area contributed by atoms with Gasteiger partial charge in [-0.3, -0.25) is 14.7 Å². The number of guanidine groups is 1. The van der Waals surface area contributed by atoms with Crippen molar-refractivity contribution in [2.24, 2.45) is 10.9 Å². The van der Waals surface area contributed by atoms with Crippen molar-refractivity contribution in [2.45, 2.75) is 39.8 Å². The first kappa shape index (κ1) is 22.2. The fourth-order valence-corrected chi connectivity index (χ4v) is 2.98. The van der Waals surface area contributed by atoms with Crippen molar-refractivity contribution in [2.75, 3.05) is 45.2 Å². The Morgan fingerprint density at radius 1 is 1.18 bits per heavy atom. The van der Waals surface area contributed by atoms with Crippen LogP contribution in [0, 0.1) is 5.92 Å². The molecule has 0 spiro atoms. The number of carbonyl (C=O) groups excluding carboxylic acids is 1. The van der Waals surface area contributed by atoms with Gasteiger partial charge in [-0.05, 0) is 31.5 Å². The summed E-state index contributed by atoms with van der Waals surface area (Å²) in [6, 6.07) is 7.87. The van der Waals surface area contributed by atoms with Crippen molar-refractivity contribution in [3.8, 4) is 0 Å². The van der Waals surface area contributed by atoms with Gasteiger partial charge in [0.2, 0.25) is 5.91 Å². The van der Waals surface area contributed by atoms with Gasteiger partial charge in [-0.1, -0.05) is 26.0 Å². The molecule has 1 heterocycles. The van der Waals surface area contributed by atoms with Crippen LogP contribution in [0.3, 0.4) is 0 Å². The number of benzene rings is 1. The lowest BCUT2D eigenvalue weighted by atomic mass is 10.0. The highest BCUT2D eigenvalue weighted by Gasteiger charge is 2.28. The Balaban J connectivity index is 1.80. The first-order valence-corrected chi connectivity index (χ1v) is 9.99. The van der Waals surface area contributed by atoms with Crippen molar-refractivity contribution in [1.82, 2.24) is 15.5 Å². The second kappa shape index (κ2) is 10.4. The number of aliphatic imine (C=N–C) groups is 1. The molecule has 0 bridgehead atoms. The van der Waals surface area contributed by atoms with E-state index >= 15 is 0 Å². The van der Waals surface area contributed by atoms with E-state index in [9.17, 15) is 4.79 Å². The first-order valence-electron chi connectivity index (χ1n) is 9.99. The number of nitrogens with one attached hydrogen (secondary N) is 3. The van der Waals surface area contributed by atoms with Crippen molar-refractivity contribution in [3.05, 3.63) is 29.8 Å². The molecule has 0 atom stereocenters. The van der Waals surface area contributed by atoms with Crippen molar-refractivity contribution < 1.29 is 9.53 Å². The second-order valence-corrected chi connectivity index (χ2v) is 8.03. The monoisotopic (exact) mass is 389 g/mol. The van der Waals surface area contributed by atoms with E-state index in [4.69, 9.17) is 4.74 Å². The number of nitrogens with zero attached hydrogens (tertiary/aromatic N) is 2. The normalized spacial score (nSPS) is 16.1. The maximum absolute atomic E-state index is 11.8. The van der Waals surface area contributed by atoms with Gasteiger partial charge in [0.25, 0.3) is 0 Å². The molecule has 1 amide bonds. The Labute approximate surface area is 168 Å². The zero-order valence-corrected chi connectivity index (χ0v) is 17.8. The standard InChI is InChI=1S/C21H35N5O2/c1-16(2)19(27)25-18-8-6-17(7-9-18)14-23-20(22-5)24-15-21(3,4)26-10-12-28-13-11-26/h6-9,16H,10-15H2,1-5H3,(H,25,27)(H2,22,23,24). The van der Waals surface area contributed by atoms with Crippen LogP contribution in [0.1, 0.15) is 33.3 Å². The van der Waals surface area contributed by atoms with E-state index in [-0.39, 0.29) is 17.4 Å². The third kappa shape index (κ3) is 6.80. The van der Waals surface area contributed by atoms with Gasteiger partial charge in [0.15, 0.2) is 5.96 Å². The van der Waals surface area contributed by atoms with Crippen molar-refractivity contribution in [1.29, 1.82) is 0 Å². The molecule has 1 aromatic carbocycles. The van der Waals surface area contributed by atoms with Crippen LogP contribution in [0.2, 0.25) is 0 Å². The lowest BCUT2D eigenvalue weighted by Crippen LogP contribution is -2.56. The molecule has 1 aromatic rings. The van der Waals surface area contributed by atoms with Gasteiger partial charge in [-0.25, -0.2) is 0 Å². The minimum absolute atomic E-state index is 0.0255. The number of anilines is 1.